The first-order chi connectivity index (χ1) is 21.2. The number of aliphatic hydroxyl groups is 3. The summed E-state index contributed by atoms with van der Waals surface area (Å²) in [6, 6.07) is 18.5. The molecule has 5 rings (SSSR count). The first-order valence-electron chi connectivity index (χ1n) is 14.6. The van der Waals surface area contributed by atoms with Crippen LogP contribution in [0.15, 0.2) is 87.9 Å². The Labute approximate surface area is 255 Å². The van der Waals surface area contributed by atoms with Crippen molar-refractivity contribution in [3.05, 3.63) is 95.0 Å². The molecule has 2 heterocycles. The second-order valence-electron chi connectivity index (χ2n) is 11.3. The third-order valence-corrected chi connectivity index (χ3v) is 8.36. The third-order valence-electron chi connectivity index (χ3n) is 8.36. The number of anilines is 1. The Morgan fingerprint density at radius 1 is 1.07 bits per heavy atom. The van der Waals surface area contributed by atoms with Crippen LogP contribution in [0.4, 0.5) is 5.69 Å². The molecule has 3 aromatic rings. The number of aliphatic hydroxyl groups excluding tert-OH is 3. The van der Waals surface area contributed by atoms with Gasteiger partial charge < -0.3 is 34.5 Å². The Morgan fingerprint density at radius 3 is 2.52 bits per heavy atom. The van der Waals surface area contributed by atoms with E-state index in [1.54, 1.807) is 30.3 Å². The number of carbonyl (C=O) groups excluding carboxylic acids is 2. The molecule has 0 bridgehead atoms. The first-order valence-corrected chi connectivity index (χ1v) is 14.6. The van der Waals surface area contributed by atoms with E-state index in [0.29, 0.717) is 34.8 Å². The minimum absolute atomic E-state index is 0.0644. The summed E-state index contributed by atoms with van der Waals surface area (Å²) in [6.45, 7) is 1.30. The van der Waals surface area contributed by atoms with Gasteiger partial charge in [0.2, 0.25) is 11.8 Å². The van der Waals surface area contributed by atoms with Gasteiger partial charge >= 0.3 is 7.12 Å². The van der Waals surface area contributed by atoms with E-state index in [2.05, 4.69) is 0 Å². The molecule has 2 aromatic carbocycles. The van der Waals surface area contributed by atoms with Crippen LogP contribution < -0.4 is 15.1 Å². The van der Waals surface area contributed by atoms with Gasteiger partial charge in [-0.2, -0.15) is 0 Å². The number of imide groups is 1. The van der Waals surface area contributed by atoms with Gasteiger partial charge in [-0.15, -0.1) is 0 Å². The van der Waals surface area contributed by atoms with E-state index >= 15 is 0 Å². The lowest BCUT2D eigenvalue weighted by atomic mass is 9.68. The van der Waals surface area contributed by atoms with Crippen molar-refractivity contribution in [1.29, 1.82) is 0 Å². The van der Waals surface area contributed by atoms with Gasteiger partial charge in [-0.25, -0.2) is 0 Å². The maximum absolute atomic E-state index is 13.8. The fourth-order valence-corrected chi connectivity index (χ4v) is 6.25. The van der Waals surface area contributed by atoms with E-state index in [4.69, 9.17) is 9.15 Å². The molecule has 2 amide bonds. The molecule has 1 saturated heterocycles. The Hall–Kier alpha value is -4.00. The highest BCUT2D eigenvalue weighted by atomic mass is 16.5. The normalized spacial score (nSPS) is 21.1. The molecule has 44 heavy (non-hydrogen) atoms. The number of fused-ring (bicyclic) bond motifs is 1. The summed E-state index contributed by atoms with van der Waals surface area (Å²) in [5.74, 6) is -1.84. The second kappa shape index (κ2) is 13.8. The fourth-order valence-electron chi connectivity index (χ4n) is 6.25. The molecule has 0 unspecified atom stereocenters. The average Bonchev–Trinajstić information content (AvgIpc) is 3.59. The molecule has 0 saturated carbocycles. The lowest BCUT2D eigenvalue weighted by molar-refractivity contribution is -0.123. The molecule has 11 heteroatoms. The van der Waals surface area contributed by atoms with Crippen LogP contribution in [0.3, 0.4) is 0 Å². The van der Waals surface area contributed by atoms with Crippen molar-refractivity contribution >= 4 is 36.2 Å². The monoisotopic (exact) mass is 601 g/mol. The summed E-state index contributed by atoms with van der Waals surface area (Å²) in [4.78, 5) is 28.6. The zero-order chi connectivity index (χ0) is 31.4. The molecule has 4 atom stereocenters. The molecule has 1 aromatic heterocycles. The molecule has 1 fully saturated rings. The SMILES string of the molecule is C/C(=C\c1ccc(CO)o1)CC[C@@H](O)C1=C(COc2ccccc2)C[C@H]2C(=O)N(c3cccc(B(O)O)c3)C(=O)[C@H]2[C@H]1CO. The molecule has 1 aliphatic heterocycles. The number of furan rings is 1. The maximum Gasteiger partial charge on any atom is 0.488 e. The Morgan fingerprint density at radius 2 is 1.84 bits per heavy atom. The number of ether oxygens (including phenoxy) is 1. The van der Waals surface area contributed by atoms with Crippen LogP contribution in [0.5, 0.6) is 5.75 Å². The molecule has 1 aliphatic carbocycles. The molecular weight excluding hydrogens is 565 g/mol. The van der Waals surface area contributed by atoms with Gasteiger partial charge in [0.1, 0.15) is 30.5 Å². The number of para-hydroxylation sites is 1. The number of amides is 2. The quantitative estimate of drug-likeness (QED) is 0.119. The lowest BCUT2D eigenvalue weighted by Gasteiger charge is -2.36. The molecule has 0 radical (unpaired) electrons. The smallest absolute Gasteiger partial charge is 0.488 e. The van der Waals surface area contributed by atoms with Crippen molar-refractivity contribution in [2.45, 2.75) is 38.9 Å². The minimum atomic E-state index is -1.78. The van der Waals surface area contributed by atoms with Crippen LogP contribution in [0.25, 0.3) is 6.08 Å². The fraction of sp³-hybridized carbons (Fsp3) is 0.333. The highest BCUT2D eigenvalue weighted by molar-refractivity contribution is 6.58. The maximum atomic E-state index is 13.8. The number of rotatable bonds is 12. The molecular formula is C33H36BNO9. The van der Waals surface area contributed by atoms with E-state index in [9.17, 15) is 35.0 Å². The minimum Gasteiger partial charge on any atom is -0.489 e. The Balaban J connectivity index is 1.44. The summed E-state index contributed by atoms with van der Waals surface area (Å²) in [6.07, 6.45) is 1.73. The number of nitrogens with zero attached hydrogens (tertiary/aromatic N) is 1. The number of hydrogen-bond acceptors (Lipinski definition) is 9. The molecule has 5 N–H and O–H groups in total. The van der Waals surface area contributed by atoms with Gasteiger partial charge in [0, 0.05) is 5.92 Å². The van der Waals surface area contributed by atoms with E-state index < -0.39 is 49.4 Å². The summed E-state index contributed by atoms with van der Waals surface area (Å²) in [5.41, 5.74) is 2.42. The Bertz CT molecular complexity index is 1550. The van der Waals surface area contributed by atoms with Crippen LogP contribution in [0, 0.1) is 17.8 Å². The zero-order valence-corrected chi connectivity index (χ0v) is 24.4. The Kier molecular flexibility index (Phi) is 9.82. The van der Waals surface area contributed by atoms with E-state index in [0.717, 1.165) is 10.5 Å². The van der Waals surface area contributed by atoms with Crippen LogP contribution in [-0.4, -0.2) is 63.6 Å². The van der Waals surface area contributed by atoms with Crippen LogP contribution in [-0.2, 0) is 16.2 Å². The first kappa shape index (κ1) is 31.4. The van der Waals surface area contributed by atoms with Gasteiger partial charge in [0.15, 0.2) is 0 Å². The van der Waals surface area contributed by atoms with Crippen LogP contribution in [0.2, 0.25) is 0 Å². The topological polar surface area (TPSA) is 161 Å². The summed E-state index contributed by atoms with van der Waals surface area (Å²) in [5, 5.41) is 50.8. The van der Waals surface area contributed by atoms with E-state index in [1.165, 1.54) is 18.2 Å². The number of benzene rings is 2. The standard InChI is InChI=1S/C33H36BNO9/c1-20(14-25-11-12-26(17-36)44-25)10-13-29(38)30-21(19-43-24-8-3-2-4-9-24)15-27-31(28(30)18-37)33(40)35(32(27)39)23-7-5-6-22(16-23)34(41)42/h2-9,11-12,14,16,27-29,31,36-38,41-42H,10,13,15,17-19H2,1H3/b20-14+/t27-,28+,29-,31-/m1/s1. The van der Waals surface area contributed by atoms with Gasteiger partial charge in [0.05, 0.1) is 30.2 Å². The average molecular weight is 601 g/mol. The summed E-state index contributed by atoms with van der Waals surface area (Å²) in [7, 11) is -1.78. The summed E-state index contributed by atoms with van der Waals surface area (Å²) >= 11 is 0. The highest BCUT2D eigenvalue weighted by Crippen LogP contribution is 2.47. The molecule has 0 spiro atoms. The number of allylic oxidation sites excluding steroid dienone is 1. The van der Waals surface area contributed by atoms with Crippen molar-refractivity contribution in [2.75, 3.05) is 18.1 Å². The zero-order valence-electron chi connectivity index (χ0n) is 24.4. The van der Waals surface area contributed by atoms with Crippen molar-refractivity contribution in [3.63, 3.8) is 0 Å². The van der Waals surface area contributed by atoms with Crippen LogP contribution in [0.1, 0.15) is 37.7 Å². The summed E-state index contributed by atoms with van der Waals surface area (Å²) < 4.78 is 11.6. The van der Waals surface area contributed by atoms with Crippen molar-refractivity contribution in [3.8, 4) is 5.75 Å². The van der Waals surface area contributed by atoms with Gasteiger partial charge in [-0.3, -0.25) is 14.5 Å². The van der Waals surface area contributed by atoms with Crippen LogP contribution >= 0.6 is 0 Å². The largest absolute Gasteiger partial charge is 0.489 e. The van der Waals surface area contributed by atoms with Crippen molar-refractivity contribution in [1.82, 2.24) is 0 Å². The third kappa shape index (κ3) is 6.57. The van der Waals surface area contributed by atoms with Gasteiger partial charge in [-0.1, -0.05) is 35.9 Å². The second-order valence-corrected chi connectivity index (χ2v) is 11.3. The number of hydrogen-bond donors (Lipinski definition) is 5. The van der Waals surface area contributed by atoms with Crippen molar-refractivity contribution in [2.24, 2.45) is 17.8 Å². The van der Waals surface area contributed by atoms with Gasteiger partial charge in [-0.05, 0) is 85.3 Å². The predicted octanol–water partition coefficient (Wildman–Crippen LogP) is 2.19. The molecule has 230 valence electrons. The lowest BCUT2D eigenvalue weighted by Crippen LogP contribution is -2.40. The van der Waals surface area contributed by atoms with E-state index in [1.807, 2.05) is 31.2 Å². The van der Waals surface area contributed by atoms with E-state index in [-0.39, 0.29) is 37.2 Å². The highest BCUT2D eigenvalue weighted by Gasteiger charge is 2.55. The van der Waals surface area contributed by atoms with Gasteiger partial charge in [0.25, 0.3) is 0 Å². The molecule has 10 nitrogen and oxygen atoms in total. The van der Waals surface area contributed by atoms with Crippen molar-refractivity contribution < 1.29 is 44.1 Å². The molecule has 2 aliphatic rings. The number of carbonyl (C=O) groups is 2. The predicted molar refractivity (Wildman–Crippen MR) is 163 cm³/mol.